The van der Waals surface area contributed by atoms with Crippen molar-refractivity contribution in [1.29, 1.82) is 0 Å². The number of alkyl halides is 1. The number of hydrogen-bond donors (Lipinski definition) is 0. The van der Waals surface area contributed by atoms with Crippen molar-refractivity contribution < 1.29 is 0 Å². The fraction of sp³-hybridized carbons (Fsp3) is 0.786. The molecule has 3 nitrogen and oxygen atoms in total. The minimum Gasteiger partial charge on any atom is -0.300 e. The van der Waals surface area contributed by atoms with Crippen LogP contribution in [0.3, 0.4) is 0 Å². The first-order valence-electron chi connectivity index (χ1n) is 7.02. The van der Waals surface area contributed by atoms with Gasteiger partial charge in [-0.1, -0.05) is 41.6 Å². The summed E-state index contributed by atoms with van der Waals surface area (Å²) in [5.74, 6) is 0. The molecule has 1 aromatic heterocycles. The second-order valence-corrected chi connectivity index (χ2v) is 6.10. The second-order valence-electron chi connectivity index (χ2n) is 5.54. The van der Waals surface area contributed by atoms with Crippen molar-refractivity contribution in [2.24, 2.45) is 5.41 Å². The van der Waals surface area contributed by atoms with Gasteiger partial charge in [-0.05, 0) is 25.2 Å². The highest BCUT2D eigenvalue weighted by Gasteiger charge is 2.30. The van der Waals surface area contributed by atoms with Crippen molar-refractivity contribution in [3.63, 3.8) is 0 Å². The summed E-state index contributed by atoms with van der Waals surface area (Å²) in [6.45, 7) is 3.63. The lowest BCUT2D eigenvalue weighted by molar-refractivity contribution is 0.239. The van der Waals surface area contributed by atoms with E-state index in [9.17, 15) is 4.79 Å². The van der Waals surface area contributed by atoms with Crippen LogP contribution in [-0.4, -0.2) is 14.5 Å². The van der Waals surface area contributed by atoms with Gasteiger partial charge in [-0.25, -0.2) is 4.79 Å². The second kappa shape index (κ2) is 6.09. The minimum absolute atomic E-state index is 0.141. The van der Waals surface area contributed by atoms with Crippen LogP contribution in [-0.2, 0) is 13.1 Å². The third-order valence-corrected chi connectivity index (χ3v) is 5.40. The lowest BCUT2D eigenvalue weighted by atomic mass is 9.82. The Morgan fingerprint density at radius 2 is 1.78 bits per heavy atom. The molecule has 2 rings (SSSR count). The quantitative estimate of drug-likeness (QED) is 0.618. The van der Waals surface area contributed by atoms with E-state index in [1.807, 2.05) is 23.9 Å². The van der Waals surface area contributed by atoms with Crippen LogP contribution < -0.4 is 5.69 Å². The Morgan fingerprint density at radius 3 is 2.28 bits per heavy atom. The molecule has 0 N–H and O–H groups in total. The highest BCUT2D eigenvalue weighted by molar-refractivity contribution is 9.09. The molecule has 102 valence electrons. The Hall–Kier alpha value is -0.510. The van der Waals surface area contributed by atoms with E-state index in [0.717, 1.165) is 18.4 Å². The number of halogens is 1. The van der Waals surface area contributed by atoms with E-state index in [4.69, 9.17) is 0 Å². The van der Waals surface area contributed by atoms with Crippen molar-refractivity contribution in [3.05, 3.63) is 22.9 Å². The molecule has 0 amide bonds. The average Bonchev–Trinajstić information content (AvgIpc) is 2.61. The summed E-state index contributed by atoms with van der Waals surface area (Å²) in [5.41, 5.74) is 0.419. The molecule has 1 aliphatic carbocycles. The zero-order valence-corrected chi connectivity index (χ0v) is 12.8. The van der Waals surface area contributed by atoms with Crippen LogP contribution in [0.4, 0.5) is 0 Å². The molecule has 0 aromatic carbocycles. The Morgan fingerprint density at radius 1 is 1.17 bits per heavy atom. The van der Waals surface area contributed by atoms with E-state index in [1.54, 1.807) is 4.57 Å². The fourth-order valence-corrected chi connectivity index (χ4v) is 3.73. The summed E-state index contributed by atoms with van der Waals surface area (Å²) in [7, 11) is 0. The van der Waals surface area contributed by atoms with Crippen LogP contribution in [0.2, 0.25) is 0 Å². The predicted molar refractivity (Wildman–Crippen MR) is 78.3 cm³/mol. The van der Waals surface area contributed by atoms with Gasteiger partial charge < -0.3 is 0 Å². The molecule has 1 heterocycles. The molecular weight excluding hydrogens is 292 g/mol. The van der Waals surface area contributed by atoms with Gasteiger partial charge in [0.2, 0.25) is 0 Å². The average molecular weight is 315 g/mol. The SMILES string of the molecule is CCn1ccn(CC2(CBr)CCCCCC2)c1=O. The Kier molecular flexibility index (Phi) is 4.71. The van der Waals surface area contributed by atoms with Crippen molar-refractivity contribution in [2.45, 2.75) is 58.5 Å². The topological polar surface area (TPSA) is 26.9 Å². The number of aromatic nitrogens is 2. The summed E-state index contributed by atoms with van der Waals surface area (Å²) in [6, 6.07) is 0. The fourth-order valence-electron chi connectivity index (χ4n) is 2.99. The third-order valence-electron chi connectivity index (χ3n) is 4.21. The normalized spacial score (nSPS) is 19.7. The molecule has 0 saturated heterocycles. The molecule has 18 heavy (non-hydrogen) atoms. The standard InChI is InChI=1S/C14H23BrN2O/c1-2-16-9-10-17(13(16)18)12-14(11-15)7-5-3-4-6-8-14/h9-10H,2-8,11-12H2,1H3. The van der Waals surface area contributed by atoms with Gasteiger partial charge >= 0.3 is 5.69 Å². The molecule has 1 fully saturated rings. The number of nitrogens with zero attached hydrogens (tertiary/aromatic N) is 2. The lowest BCUT2D eigenvalue weighted by Crippen LogP contribution is -2.34. The van der Waals surface area contributed by atoms with Crippen molar-refractivity contribution >= 4 is 15.9 Å². The molecule has 0 aliphatic heterocycles. The van der Waals surface area contributed by atoms with E-state index >= 15 is 0 Å². The molecule has 0 bridgehead atoms. The van der Waals surface area contributed by atoms with E-state index in [2.05, 4.69) is 15.9 Å². The molecule has 0 unspecified atom stereocenters. The van der Waals surface area contributed by atoms with Crippen LogP contribution in [0, 0.1) is 5.41 Å². The number of aryl methyl sites for hydroxylation is 1. The summed E-state index contributed by atoms with van der Waals surface area (Å²) < 4.78 is 3.68. The third kappa shape index (κ3) is 2.90. The largest absolute Gasteiger partial charge is 0.328 e. The first-order valence-corrected chi connectivity index (χ1v) is 8.14. The lowest BCUT2D eigenvalue weighted by Gasteiger charge is -2.30. The summed E-state index contributed by atoms with van der Waals surface area (Å²) >= 11 is 3.69. The van der Waals surface area contributed by atoms with Gasteiger partial charge in [-0.3, -0.25) is 9.13 Å². The molecule has 0 atom stereocenters. The van der Waals surface area contributed by atoms with Crippen molar-refractivity contribution in [1.82, 2.24) is 9.13 Å². The van der Waals surface area contributed by atoms with Crippen LogP contribution in [0.15, 0.2) is 17.2 Å². The molecule has 1 saturated carbocycles. The first kappa shape index (κ1) is 13.9. The highest BCUT2D eigenvalue weighted by atomic mass is 79.9. The molecular formula is C14H23BrN2O. The van der Waals surface area contributed by atoms with Crippen LogP contribution in [0.25, 0.3) is 0 Å². The Bertz CT molecular complexity index is 427. The monoisotopic (exact) mass is 314 g/mol. The molecule has 0 spiro atoms. The maximum atomic E-state index is 12.1. The Balaban J connectivity index is 2.18. The van der Waals surface area contributed by atoms with Gasteiger partial charge in [0.15, 0.2) is 0 Å². The minimum atomic E-state index is 0.141. The van der Waals surface area contributed by atoms with Crippen molar-refractivity contribution in [2.75, 3.05) is 5.33 Å². The number of imidazole rings is 1. The molecule has 4 heteroatoms. The Labute approximate surface area is 117 Å². The summed E-state index contributed by atoms with van der Waals surface area (Å²) in [5, 5.41) is 1.00. The van der Waals surface area contributed by atoms with E-state index in [-0.39, 0.29) is 11.1 Å². The van der Waals surface area contributed by atoms with E-state index < -0.39 is 0 Å². The smallest absolute Gasteiger partial charge is 0.300 e. The maximum Gasteiger partial charge on any atom is 0.328 e. The highest BCUT2D eigenvalue weighted by Crippen LogP contribution is 2.37. The molecule has 1 aromatic rings. The molecule has 0 radical (unpaired) electrons. The van der Waals surface area contributed by atoms with Gasteiger partial charge in [0.05, 0.1) is 0 Å². The summed E-state index contributed by atoms with van der Waals surface area (Å²) in [4.78, 5) is 12.1. The van der Waals surface area contributed by atoms with Gasteiger partial charge in [0, 0.05) is 30.8 Å². The summed E-state index contributed by atoms with van der Waals surface area (Å²) in [6.07, 6.45) is 11.6. The van der Waals surface area contributed by atoms with E-state index in [1.165, 1.54) is 38.5 Å². The van der Waals surface area contributed by atoms with Crippen molar-refractivity contribution in [3.8, 4) is 0 Å². The maximum absolute atomic E-state index is 12.1. The van der Waals surface area contributed by atoms with Gasteiger partial charge in [0.25, 0.3) is 0 Å². The zero-order valence-electron chi connectivity index (χ0n) is 11.2. The van der Waals surface area contributed by atoms with Gasteiger partial charge in [-0.15, -0.1) is 0 Å². The number of rotatable bonds is 4. The van der Waals surface area contributed by atoms with Gasteiger partial charge in [-0.2, -0.15) is 0 Å². The zero-order chi connectivity index (χ0) is 13.0. The van der Waals surface area contributed by atoms with Crippen LogP contribution in [0.5, 0.6) is 0 Å². The number of hydrogen-bond acceptors (Lipinski definition) is 1. The van der Waals surface area contributed by atoms with Crippen LogP contribution >= 0.6 is 15.9 Å². The molecule has 1 aliphatic rings. The first-order chi connectivity index (χ1) is 8.71. The van der Waals surface area contributed by atoms with E-state index in [0.29, 0.717) is 0 Å². The van der Waals surface area contributed by atoms with Crippen LogP contribution in [0.1, 0.15) is 45.4 Å². The predicted octanol–water partition coefficient (Wildman–Crippen LogP) is 3.41. The van der Waals surface area contributed by atoms with Gasteiger partial charge in [0.1, 0.15) is 0 Å².